The van der Waals surface area contributed by atoms with Crippen molar-refractivity contribution in [1.29, 1.82) is 0 Å². The van der Waals surface area contributed by atoms with E-state index >= 15 is 0 Å². The topological polar surface area (TPSA) is 79.0 Å². The zero-order valence-electron chi connectivity index (χ0n) is 14.2. The average molecular weight is 347 g/mol. The third kappa shape index (κ3) is 4.23. The van der Waals surface area contributed by atoms with Crippen molar-refractivity contribution in [3.05, 3.63) is 0 Å². The molecule has 0 aromatic carbocycles. The van der Waals surface area contributed by atoms with E-state index < -0.39 is 14.6 Å². The Hall–Kier alpha value is -0.700. The van der Waals surface area contributed by atoms with E-state index in [9.17, 15) is 13.2 Å². The lowest BCUT2D eigenvalue weighted by atomic mass is 9.95. The third-order valence-corrected chi connectivity index (χ3v) is 6.93. The van der Waals surface area contributed by atoms with E-state index in [1.54, 1.807) is 4.90 Å². The van der Waals surface area contributed by atoms with Crippen molar-refractivity contribution in [2.24, 2.45) is 0 Å². The predicted molar refractivity (Wildman–Crippen MR) is 89.2 cm³/mol. The predicted octanol–water partition coefficient (Wildman–Crippen LogP) is -0.666. The smallest absolute Gasteiger partial charge is 0.244 e. The van der Waals surface area contributed by atoms with Gasteiger partial charge in [0.15, 0.2) is 14.6 Å². The molecule has 2 saturated heterocycles. The first-order valence-corrected chi connectivity index (χ1v) is 10.3. The van der Waals surface area contributed by atoms with E-state index in [1.807, 2.05) is 6.92 Å². The van der Waals surface area contributed by atoms with Gasteiger partial charge in [-0.3, -0.25) is 9.69 Å². The number of carbonyl (C=O) groups excluding carboxylic acids is 1. The minimum Gasteiger partial charge on any atom is -0.380 e. The van der Waals surface area contributed by atoms with Gasteiger partial charge in [-0.05, 0) is 32.9 Å². The maximum Gasteiger partial charge on any atom is 0.244 e. The molecule has 0 unspecified atom stereocenters. The molecule has 0 atom stereocenters. The molecular weight excluding hydrogens is 318 g/mol. The molecule has 1 N–H and O–H groups in total. The second-order valence-corrected chi connectivity index (χ2v) is 8.67. The molecule has 0 radical (unpaired) electrons. The molecule has 2 aliphatic heterocycles. The molecule has 0 bridgehead atoms. The molecule has 2 aliphatic rings. The zero-order valence-corrected chi connectivity index (χ0v) is 15.0. The highest BCUT2D eigenvalue weighted by Gasteiger charge is 2.50. The lowest BCUT2D eigenvalue weighted by molar-refractivity contribution is -0.136. The minimum absolute atomic E-state index is 0.203. The number of sulfone groups is 1. The van der Waals surface area contributed by atoms with Gasteiger partial charge in [0.25, 0.3) is 0 Å². The van der Waals surface area contributed by atoms with Crippen molar-refractivity contribution in [2.45, 2.75) is 24.5 Å². The average Bonchev–Trinajstić information content (AvgIpc) is 2.55. The van der Waals surface area contributed by atoms with Gasteiger partial charge < -0.3 is 15.0 Å². The summed E-state index contributed by atoms with van der Waals surface area (Å²) in [6.07, 6.45) is 1.94. The van der Waals surface area contributed by atoms with Crippen LogP contribution in [0.4, 0.5) is 0 Å². The van der Waals surface area contributed by atoms with Crippen LogP contribution >= 0.6 is 0 Å². The quantitative estimate of drug-likeness (QED) is 0.642. The largest absolute Gasteiger partial charge is 0.380 e. The van der Waals surface area contributed by atoms with Gasteiger partial charge in [-0.2, -0.15) is 0 Å². The third-order valence-electron chi connectivity index (χ3n) is 4.93. The van der Waals surface area contributed by atoms with Gasteiger partial charge in [0.1, 0.15) is 0 Å². The van der Waals surface area contributed by atoms with Crippen molar-refractivity contribution in [3.8, 4) is 0 Å². The summed E-state index contributed by atoms with van der Waals surface area (Å²) in [6.45, 7) is 8.13. The first-order valence-electron chi connectivity index (χ1n) is 8.40. The maximum atomic E-state index is 13.0. The summed E-state index contributed by atoms with van der Waals surface area (Å²) < 4.78 is 28.8. The Balaban J connectivity index is 1.97. The lowest BCUT2D eigenvalue weighted by Gasteiger charge is -2.41. The SMILES string of the molecule is CCOCCN1CCN(C(=O)C2(S(C)(=O)=O)CCNCC2)CC1. The molecule has 1 amide bonds. The first kappa shape index (κ1) is 18.6. The van der Waals surface area contributed by atoms with Crippen LogP contribution in [0.3, 0.4) is 0 Å². The number of nitrogens with one attached hydrogen (secondary N) is 1. The van der Waals surface area contributed by atoms with Crippen LogP contribution in [0.2, 0.25) is 0 Å². The summed E-state index contributed by atoms with van der Waals surface area (Å²) in [7, 11) is -3.43. The van der Waals surface area contributed by atoms with Crippen molar-refractivity contribution in [1.82, 2.24) is 15.1 Å². The summed E-state index contributed by atoms with van der Waals surface area (Å²) in [5.74, 6) is -0.203. The molecule has 0 aliphatic carbocycles. The summed E-state index contributed by atoms with van der Waals surface area (Å²) in [5.41, 5.74) is 0. The van der Waals surface area contributed by atoms with Crippen LogP contribution in [0, 0.1) is 0 Å². The number of nitrogens with zero attached hydrogens (tertiary/aromatic N) is 2. The molecule has 2 heterocycles. The number of hydrogen-bond donors (Lipinski definition) is 1. The van der Waals surface area contributed by atoms with Crippen molar-refractivity contribution < 1.29 is 17.9 Å². The van der Waals surface area contributed by atoms with Crippen LogP contribution < -0.4 is 5.32 Å². The normalized spacial score (nSPS) is 23.0. The summed E-state index contributed by atoms with van der Waals surface area (Å²) in [5, 5.41) is 3.15. The number of ether oxygens (including phenoxy) is 1. The number of carbonyl (C=O) groups is 1. The molecule has 23 heavy (non-hydrogen) atoms. The Labute approximate surface area is 139 Å². The number of hydrogen-bond acceptors (Lipinski definition) is 6. The van der Waals surface area contributed by atoms with Crippen LogP contribution in [-0.4, -0.2) is 94.2 Å². The summed E-state index contributed by atoms with van der Waals surface area (Å²) >= 11 is 0. The second-order valence-electron chi connectivity index (χ2n) is 6.35. The van der Waals surface area contributed by atoms with Gasteiger partial charge in [-0.15, -0.1) is 0 Å². The second kappa shape index (κ2) is 7.92. The number of amides is 1. The molecule has 2 fully saturated rings. The number of piperazine rings is 1. The molecule has 0 saturated carbocycles. The molecular formula is C15H29N3O4S. The Morgan fingerprint density at radius 1 is 1.17 bits per heavy atom. The molecule has 2 rings (SSSR count). The molecule has 0 aromatic rings. The minimum atomic E-state index is -3.43. The number of piperidine rings is 1. The van der Waals surface area contributed by atoms with Crippen molar-refractivity contribution in [2.75, 3.05) is 65.3 Å². The highest BCUT2D eigenvalue weighted by molar-refractivity contribution is 7.92. The van der Waals surface area contributed by atoms with Crippen LogP contribution in [0.1, 0.15) is 19.8 Å². The fourth-order valence-electron chi connectivity index (χ4n) is 3.37. The van der Waals surface area contributed by atoms with E-state index in [0.717, 1.165) is 19.6 Å². The van der Waals surface area contributed by atoms with E-state index in [0.29, 0.717) is 52.2 Å². The highest BCUT2D eigenvalue weighted by atomic mass is 32.2. The molecule has 0 aromatic heterocycles. The van der Waals surface area contributed by atoms with Crippen LogP contribution in [0.15, 0.2) is 0 Å². The van der Waals surface area contributed by atoms with Gasteiger partial charge in [0.2, 0.25) is 5.91 Å². The van der Waals surface area contributed by atoms with E-state index in [4.69, 9.17) is 4.74 Å². The fourth-order valence-corrected chi connectivity index (χ4v) is 4.77. The highest BCUT2D eigenvalue weighted by Crippen LogP contribution is 2.30. The van der Waals surface area contributed by atoms with Crippen LogP contribution in [-0.2, 0) is 19.4 Å². The molecule has 7 nitrogen and oxygen atoms in total. The Morgan fingerprint density at radius 3 is 2.30 bits per heavy atom. The molecule has 8 heteroatoms. The summed E-state index contributed by atoms with van der Waals surface area (Å²) in [4.78, 5) is 17.0. The van der Waals surface area contributed by atoms with Crippen LogP contribution in [0.25, 0.3) is 0 Å². The van der Waals surface area contributed by atoms with Gasteiger partial charge in [0.05, 0.1) is 6.61 Å². The zero-order chi connectivity index (χ0) is 16.9. The van der Waals surface area contributed by atoms with Crippen molar-refractivity contribution in [3.63, 3.8) is 0 Å². The Morgan fingerprint density at radius 2 is 1.78 bits per heavy atom. The maximum absolute atomic E-state index is 13.0. The van der Waals surface area contributed by atoms with Gasteiger partial charge in [-0.25, -0.2) is 8.42 Å². The molecule has 0 spiro atoms. The monoisotopic (exact) mass is 347 g/mol. The standard InChI is InChI=1S/C15H29N3O4S/c1-3-22-13-12-17-8-10-18(11-9-17)14(19)15(23(2,20)21)4-6-16-7-5-15/h16H,3-13H2,1-2H3. The lowest BCUT2D eigenvalue weighted by Crippen LogP contribution is -2.61. The summed E-state index contributed by atoms with van der Waals surface area (Å²) in [6, 6.07) is 0. The van der Waals surface area contributed by atoms with Crippen LogP contribution in [0.5, 0.6) is 0 Å². The van der Waals surface area contributed by atoms with E-state index in [2.05, 4.69) is 10.2 Å². The van der Waals surface area contributed by atoms with Gasteiger partial charge in [-0.1, -0.05) is 0 Å². The molecule has 134 valence electrons. The van der Waals surface area contributed by atoms with E-state index in [1.165, 1.54) is 6.26 Å². The van der Waals surface area contributed by atoms with Gasteiger partial charge in [0, 0.05) is 45.6 Å². The Kier molecular flexibility index (Phi) is 6.41. The first-order chi connectivity index (χ1) is 10.9. The number of rotatable bonds is 6. The fraction of sp³-hybridized carbons (Fsp3) is 0.933. The van der Waals surface area contributed by atoms with Crippen molar-refractivity contribution >= 4 is 15.7 Å². The van der Waals surface area contributed by atoms with E-state index in [-0.39, 0.29) is 5.91 Å². The Bertz CT molecular complexity index is 495. The van der Waals surface area contributed by atoms with Gasteiger partial charge >= 0.3 is 0 Å².